The lowest BCUT2D eigenvalue weighted by molar-refractivity contribution is 1.25. The van der Waals surface area contributed by atoms with E-state index in [2.05, 4.69) is 87.3 Å². The number of anilines is 4. The maximum absolute atomic E-state index is 4.86. The predicted molar refractivity (Wildman–Crippen MR) is 188 cm³/mol. The van der Waals surface area contributed by atoms with E-state index in [1.165, 1.54) is 11.1 Å². The Balaban J connectivity index is 1.44. The molecule has 0 saturated heterocycles. The molecule has 6 nitrogen and oxygen atoms in total. The van der Waals surface area contributed by atoms with Crippen LogP contribution in [0.1, 0.15) is 44.5 Å². The first-order valence-electron chi connectivity index (χ1n) is 14.8. The van der Waals surface area contributed by atoms with Crippen LogP contribution in [0.15, 0.2) is 119 Å². The highest BCUT2D eigenvalue weighted by Crippen LogP contribution is 2.22. The highest BCUT2D eigenvalue weighted by Gasteiger charge is 2.14. The number of para-hydroxylation sites is 2. The molecule has 0 fully saturated rings. The van der Waals surface area contributed by atoms with Crippen LogP contribution in [0.25, 0.3) is 0 Å². The van der Waals surface area contributed by atoms with Gasteiger partial charge in [-0.05, 0) is 106 Å². The van der Waals surface area contributed by atoms with Gasteiger partial charge in [-0.3, -0.25) is 10.9 Å². The van der Waals surface area contributed by atoms with E-state index in [-0.39, 0.29) is 0 Å². The number of aryl methyl sites for hydroxylation is 6. The summed E-state index contributed by atoms with van der Waals surface area (Å²) in [6.07, 6.45) is 0. The Morgan fingerprint density at radius 3 is 1.11 bits per heavy atom. The highest BCUT2D eigenvalue weighted by molar-refractivity contribution is 6.11. The van der Waals surface area contributed by atoms with Crippen molar-refractivity contribution in [1.82, 2.24) is 0 Å². The first kappa shape index (κ1) is 30.1. The first-order chi connectivity index (χ1) is 21.3. The third kappa shape index (κ3) is 7.53. The minimum absolute atomic E-state index is 0.752. The second kappa shape index (κ2) is 13.7. The second-order valence-electron chi connectivity index (χ2n) is 11.3. The third-order valence-corrected chi connectivity index (χ3v) is 7.36. The summed E-state index contributed by atoms with van der Waals surface area (Å²) in [6.45, 7) is 12.7. The topological polar surface area (TPSA) is 72.8 Å². The molecule has 0 unspecified atom stereocenters. The van der Waals surface area contributed by atoms with E-state index in [0.29, 0.717) is 0 Å². The molecular weight excluding hydrogens is 540 g/mol. The van der Waals surface area contributed by atoms with Gasteiger partial charge in [-0.15, -0.1) is 0 Å². The number of nitrogens with zero attached hydrogens (tertiary/aromatic N) is 2. The molecule has 0 amide bonds. The quantitative estimate of drug-likeness (QED) is 0.0838. The molecule has 0 bridgehead atoms. The Morgan fingerprint density at radius 1 is 0.409 bits per heavy atom. The SMILES string of the molecule is Cc1cc(C)c(/C(=N/Nc2cccc(N/N=C(\Nc3ccccc3)c3c(C)cc(C)cc3C)c2)Nc2ccccc2)c(C)c1. The molecule has 0 saturated carbocycles. The molecular formula is C38H40N6. The van der Waals surface area contributed by atoms with Crippen molar-refractivity contribution < 1.29 is 0 Å². The largest absolute Gasteiger partial charge is 0.338 e. The minimum atomic E-state index is 0.752. The number of benzene rings is 5. The van der Waals surface area contributed by atoms with Crippen LogP contribution in [0, 0.1) is 41.5 Å². The summed E-state index contributed by atoms with van der Waals surface area (Å²) in [5, 5.41) is 16.8. The van der Waals surface area contributed by atoms with Crippen LogP contribution in [0.2, 0.25) is 0 Å². The highest BCUT2D eigenvalue weighted by atomic mass is 15.3. The van der Waals surface area contributed by atoms with Gasteiger partial charge in [-0.25, -0.2) is 0 Å². The Hall–Kier alpha value is -5.36. The molecule has 0 aromatic heterocycles. The van der Waals surface area contributed by atoms with Crippen molar-refractivity contribution in [1.29, 1.82) is 0 Å². The lowest BCUT2D eigenvalue weighted by Crippen LogP contribution is -2.19. The van der Waals surface area contributed by atoms with Crippen LogP contribution in [0.5, 0.6) is 0 Å². The van der Waals surface area contributed by atoms with Gasteiger partial charge in [0.1, 0.15) is 0 Å². The number of nitrogens with one attached hydrogen (secondary N) is 4. The summed E-state index contributed by atoms with van der Waals surface area (Å²) in [5.74, 6) is 1.50. The predicted octanol–water partition coefficient (Wildman–Crippen LogP) is 9.31. The molecule has 0 aliphatic heterocycles. The van der Waals surface area contributed by atoms with Gasteiger partial charge < -0.3 is 10.6 Å². The molecule has 5 aromatic rings. The zero-order valence-electron chi connectivity index (χ0n) is 26.3. The maximum Gasteiger partial charge on any atom is 0.158 e. The molecule has 5 rings (SSSR count). The van der Waals surface area contributed by atoms with Crippen molar-refractivity contribution in [2.24, 2.45) is 10.2 Å². The number of hydrogen-bond acceptors (Lipinski definition) is 4. The molecule has 0 spiro atoms. The van der Waals surface area contributed by atoms with Gasteiger partial charge in [0.05, 0.1) is 11.4 Å². The molecule has 6 heteroatoms. The molecule has 0 aliphatic carbocycles. The standard InChI is InChI=1S/C38H40N6/c1-25-20-27(3)35(28(4)21-25)37(39-31-14-9-7-10-15-31)43-41-33-18-13-19-34(24-33)42-44-38(40-32-16-11-8-12-17-32)36-29(5)22-26(2)23-30(36)6/h7-24,41-42H,1-6H3,(H,39,43)(H,40,44). The molecule has 5 aromatic carbocycles. The van der Waals surface area contributed by atoms with Crippen molar-refractivity contribution in [3.63, 3.8) is 0 Å². The van der Waals surface area contributed by atoms with E-state index in [9.17, 15) is 0 Å². The Labute approximate surface area is 261 Å². The maximum atomic E-state index is 4.86. The number of amidine groups is 2. The number of rotatable bonds is 8. The molecule has 4 N–H and O–H groups in total. The smallest absolute Gasteiger partial charge is 0.158 e. The van der Waals surface area contributed by atoms with Crippen molar-refractivity contribution >= 4 is 34.4 Å². The van der Waals surface area contributed by atoms with Gasteiger partial charge in [0.25, 0.3) is 0 Å². The fourth-order valence-electron chi connectivity index (χ4n) is 5.62. The number of hydrogen-bond donors (Lipinski definition) is 4. The summed E-state index contributed by atoms with van der Waals surface area (Å²) < 4.78 is 0. The van der Waals surface area contributed by atoms with Gasteiger partial charge in [0.2, 0.25) is 0 Å². The Kier molecular flexibility index (Phi) is 9.40. The van der Waals surface area contributed by atoms with E-state index in [1.54, 1.807) is 0 Å². The fourth-order valence-corrected chi connectivity index (χ4v) is 5.62. The van der Waals surface area contributed by atoms with E-state index in [1.807, 2.05) is 84.9 Å². The average Bonchev–Trinajstić information content (AvgIpc) is 2.99. The van der Waals surface area contributed by atoms with Gasteiger partial charge >= 0.3 is 0 Å². The molecule has 0 radical (unpaired) electrons. The van der Waals surface area contributed by atoms with Gasteiger partial charge in [-0.2, -0.15) is 10.2 Å². The van der Waals surface area contributed by atoms with Crippen molar-refractivity contribution in [2.45, 2.75) is 41.5 Å². The lowest BCUT2D eigenvalue weighted by Gasteiger charge is -2.17. The summed E-state index contributed by atoms with van der Waals surface area (Å²) in [5.41, 5.74) is 19.4. The van der Waals surface area contributed by atoms with Crippen molar-refractivity contribution in [3.05, 3.63) is 154 Å². The van der Waals surface area contributed by atoms with E-state index in [4.69, 9.17) is 10.2 Å². The lowest BCUT2D eigenvalue weighted by atomic mass is 9.99. The van der Waals surface area contributed by atoms with Gasteiger partial charge in [0.15, 0.2) is 11.7 Å². The second-order valence-corrected chi connectivity index (χ2v) is 11.3. The van der Waals surface area contributed by atoms with Crippen LogP contribution in [0.4, 0.5) is 22.7 Å². The summed E-state index contributed by atoms with van der Waals surface area (Å²) in [6, 6.07) is 36.9. The minimum Gasteiger partial charge on any atom is -0.338 e. The van der Waals surface area contributed by atoms with Crippen LogP contribution in [0.3, 0.4) is 0 Å². The van der Waals surface area contributed by atoms with Crippen molar-refractivity contribution in [2.75, 3.05) is 21.5 Å². The van der Waals surface area contributed by atoms with Crippen molar-refractivity contribution in [3.8, 4) is 0 Å². The molecule has 0 heterocycles. The van der Waals surface area contributed by atoms with Gasteiger partial charge in [-0.1, -0.05) is 77.9 Å². The van der Waals surface area contributed by atoms with Crippen LogP contribution >= 0.6 is 0 Å². The Morgan fingerprint density at radius 2 is 0.750 bits per heavy atom. The normalized spacial score (nSPS) is 11.7. The number of hydrazone groups is 2. The molecule has 0 aliphatic rings. The van der Waals surface area contributed by atoms with Crippen LogP contribution < -0.4 is 21.5 Å². The summed E-state index contributed by atoms with van der Waals surface area (Å²) >= 11 is 0. The first-order valence-corrected chi connectivity index (χ1v) is 14.8. The van der Waals surface area contributed by atoms with E-state index in [0.717, 1.165) is 67.8 Å². The Bertz CT molecular complexity index is 1630. The summed E-state index contributed by atoms with van der Waals surface area (Å²) in [7, 11) is 0. The molecule has 222 valence electrons. The zero-order chi connectivity index (χ0) is 31.1. The zero-order valence-corrected chi connectivity index (χ0v) is 26.3. The van der Waals surface area contributed by atoms with Gasteiger partial charge in [0, 0.05) is 22.5 Å². The van der Waals surface area contributed by atoms with E-state index < -0.39 is 0 Å². The van der Waals surface area contributed by atoms with E-state index >= 15 is 0 Å². The molecule has 0 atom stereocenters. The molecule has 44 heavy (non-hydrogen) atoms. The monoisotopic (exact) mass is 580 g/mol. The van der Waals surface area contributed by atoms with Crippen LogP contribution in [-0.4, -0.2) is 11.7 Å². The van der Waals surface area contributed by atoms with Crippen LogP contribution in [-0.2, 0) is 0 Å². The fraction of sp³-hybridized carbons (Fsp3) is 0.158. The summed E-state index contributed by atoms with van der Waals surface area (Å²) in [4.78, 5) is 0. The third-order valence-electron chi connectivity index (χ3n) is 7.36. The average molecular weight is 581 g/mol.